The number of rotatable bonds is 10. The Hall–Kier alpha value is -3.92. The van der Waals surface area contributed by atoms with Gasteiger partial charge in [0.2, 0.25) is 0 Å². The maximum absolute atomic E-state index is 13.0. The first-order valence-corrected chi connectivity index (χ1v) is 12.6. The maximum Gasteiger partial charge on any atom is 0.280 e. The van der Waals surface area contributed by atoms with Crippen molar-refractivity contribution in [1.82, 2.24) is 9.88 Å². The topological polar surface area (TPSA) is 115 Å². The lowest BCUT2D eigenvalue weighted by Gasteiger charge is -2.15. The lowest BCUT2D eigenvalue weighted by Crippen LogP contribution is -2.31. The Balaban J connectivity index is 1.45. The number of carbonyl (C=O) groups excluding carboxylic acids is 2. The van der Waals surface area contributed by atoms with E-state index in [1.807, 2.05) is 13.8 Å². The molecule has 35 heavy (non-hydrogen) atoms. The highest BCUT2D eigenvalue weighted by molar-refractivity contribution is 7.92. The molecule has 1 aliphatic heterocycles. The third kappa shape index (κ3) is 5.12. The summed E-state index contributed by atoms with van der Waals surface area (Å²) in [6, 6.07) is 14.4. The first kappa shape index (κ1) is 24.2. The number of imide groups is 1. The third-order valence-corrected chi connectivity index (χ3v) is 6.78. The van der Waals surface area contributed by atoms with Crippen LogP contribution in [0.1, 0.15) is 40.3 Å². The zero-order chi connectivity index (χ0) is 25.0. The molecule has 3 aromatic rings. The third-order valence-electron chi connectivity index (χ3n) is 5.39. The predicted molar refractivity (Wildman–Crippen MR) is 129 cm³/mol. The molecule has 1 N–H and O–H groups in total. The van der Waals surface area contributed by atoms with Gasteiger partial charge in [0.15, 0.2) is 0 Å². The number of nitrogens with one attached hydrogen (secondary N) is 1. The number of sulfonamides is 1. The molecule has 1 aromatic heterocycles. The molecule has 1 aliphatic rings. The van der Waals surface area contributed by atoms with Gasteiger partial charge in [-0.05, 0) is 62.2 Å². The van der Waals surface area contributed by atoms with Crippen molar-refractivity contribution in [2.75, 3.05) is 24.5 Å². The second-order valence-electron chi connectivity index (χ2n) is 7.68. The Morgan fingerprint density at radius 1 is 0.943 bits per heavy atom. The van der Waals surface area contributed by atoms with Crippen LogP contribution >= 0.6 is 0 Å². The zero-order valence-electron chi connectivity index (χ0n) is 19.4. The number of nitrogens with zero attached hydrogens (tertiary/aromatic N) is 2. The van der Waals surface area contributed by atoms with Gasteiger partial charge in [-0.15, -0.1) is 0 Å². The minimum Gasteiger partial charge on any atom is -0.494 e. The van der Waals surface area contributed by atoms with Crippen LogP contribution in [0.5, 0.6) is 11.5 Å². The fourth-order valence-corrected chi connectivity index (χ4v) is 4.78. The van der Waals surface area contributed by atoms with Crippen LogP contribution in [0.3, 0.4) is 0 Å². The summed E-state index contributed by atoms with van der Waals surface area (Å²) >= 11 is 0. The maximum atomic E-state index is 13.0. The average Bonchev–Trinajstić information content (AvgIpc) is 3.09. The summed E-state index contributed by atoms with van der Waals surface area (Å²) in [5.74, 6) is 0.119. The smallest absolute Gasteiger partial charge is 0.280 e. The van der Waals surface area contributed by atoms with Gasteiger partial charge in [0.1, 0.15) is 17.2 Å². The van der Waals surface area contributed by atoms with Crippen molar-refractivity contribution in [3.05, 3.63) is 77.6 Å². The molecule has 4 rings (SSSR count). The number of benzene rings is 2. The van der Waals surface area contributed by atoms with Crippen molar-refractivity contribution in [2.24, 2.45) is 0 Å². The van der Waals surface area contributed by atoms with Gasteiger partial charge >= 0.3 is 0 Å². The van der Waals surface area contributed by atoms with Gasteiger partial charge in [-0.1, -0.05) is 12.1 Å². The number of carbonyl (C=O) groups is 2. The molecule has 0 fully saturated rings. The van der Waals surface area contributed by atoms with Crippen LogP contribution in [0.4, 0.5) is 5.69 Å². The monoisotopic (exact) mass is 495 g/mol. The van der Waals surface area contributed by atoms with E-state index in [4.69, 9.17) is 9.47 Å². The number of hydrogen-bond donors (Lipinski definition) is 1. The number of ether oxygens (including phenoxy) is 2. The number of hydrogen-bond acceptors (Lipinski definition) is 7. The van der Waals surface area contributed by atoms with Crippen LogP contribution < -0.4 is 14.2 Å². The lowest BCUT2D eigenvalue weighted by molar-refractivity contribution is 0.0654. The van der Waals surface area contributed by atoms with E-state index >= 15 is 0 Å². The molecule has 0 aliphatic carbocycles. The van der Waals surface area contributed by atoms with Crippen molar-refractivity contribution < 1.29 is 27.5 Å². The standard InChI is InChI=1S/C25H25N3O6S/c1-3-33-18-9-12-22(34-4-2)21(16-18)27-35(31,32)19-10-7-17(8-11-19)13-15-28-24(29)20-6-5-14-26-23(20)25(28)30/h5-12,14,16,27H,3-4,13,15H2,1-2H3. The summed E-state index contributed by atoms with van der Waals surface area (Å²) in [6.07, 6.45) is 1.86. The first-order chi connectivity index (χ1) is 16.8. The van der Waals surface area contributed by atoms with Crippen LogP contribution in [-0.4, -0.2) is 49.9 Å². The lowest BCUT2D eigenvalue weighted by atomic mass is 10.1. The van der Waals surface area contributed by atoms with Crippen molar-refractivity contribution in [3.63, 3.8) is 0 Å². The highest BCUT2D eigenvalue weighted by atomic mass is 32.2. The Kier molecular flexibility index (Phi) is 7.02. The van der Waals surface area contributed by atoms with E-state index in [9.17, 15) is 18.0 Å². The van der Waals surface area contributed by atoms with Gasteiger partial charge in [0.05, 0.1) is 29.4 Å². The molecule has 0 spiro atoms. The van der Waals surface area contributed by atoms with Gasteiger partial charge in [-0.25, -0.2) is 8.42 Å². The summed E-state index contributed by atoms with van der Waals surface area (Å²) < 4.78 is 39.6. The van der Waals surface area contributed by atoms with Gasteiger partial charge < -0.3 is 9.47 Å². The van der Waals surface area contributed by atoms with Crippen molar-refractivity contribution in [2.45, 2.75) is 25.2 Å². The second kappa shape index (κ2) is 10.1. The van der Waals surface area contributed by atoms with Gasteiger partial charge in [-0.2, -0.15) is 0 Å². The number of aromatic nitrogens is 1. The van der Waals surface area contributed by atoms with Crippen molar-refractivity contribution in [1.29, 1.82) is 0 Å². The summed E-state index contributed by atoms with van der Waals surface area (Å²) in [7, 11) is -3.90. The summed E-state index contributed by atoms with van der Waals surface area (Å²) in [5, 5.41) is 0. The molecule has 0 atom stereocenters. The summed E-state index contributed by atoms with van der Waals surface area (Å²) in [5.41, 5.74) is 1.51. The fraction of sp³-hybridized carbons (Fsp3) is 0.240. The van der Waals surface area contributed by atoms with Crippen LogP contribution in [-0.2, 0) is 16.4 Å². The fourth-order valence-electron chi connectivity index (χ4n) is 3.72. The van der Waals surface area contributed by atoms with E-state index in [1.165, 1.54) is 18.3 Å². The Morgan fingerprint density at radius 3 is 2.37 bits per heavy atom. The largest absolute Gasteiger partial charge is 0.494 e. The molecule has 182 valence electrons. The van der Waals surface area contributed by atoms with E-state index in [2.05, 4.69) is 9.71 Å². The van der Waals surface area contributed by atoms with Crippen LogP contribution in [0, 0.1) is 0 Å². The predicted octanol–water partition coefficient (Wildman–Crippen LogP) is 3.52. The molecular formula is C25H25N3O6S. The van der Waals surface area contributed by atoms with E-state index in [0.717, 1.165) is 10.5 Å². The minimum atomic E-state index is -3.90. The molecule has 0 saturated heterocycles. The average molecular weight is 496 g/mol. The Bertz CT molecular complexity index is 1320. The highest BCUT2D eigenvalue weighted by Gasteiger charge is 2.36. The van der Waals surface area contributed by atoms with E-state index in [-0.39, 0.29) is 28.7 Å². The van der Waals surface area contributed by atoms with E-state index in [0.29, 0.717) is 36.7 Å². The van der Waals surface area contributed by atoms with Crippen LogP contribution in [0.15, 0.2) is 65.7 Å². The minimum absolute atomic E-state index is 0.0652. The first-order valence-electron chi connectivity index (χ1n) is 11.2. The molecule has 0 saturated carbocycles. The second-order valence-corrected chi connectivity index (χ2v) is 9.37. The Labute approximate surface area is 203 Å². The number of anilines is 1. The van der Waals surface area contributed by atoms with Crippen LogP contribution in [0.2, 0.25) is 0 Å². The van der Waals surface area contributed by atoms with E-state index in [1.54, 1.807) is 42.5 Å². The Morgan fingerprint density at radius 2 is 1.69 bits per heavy atom. The molecule has 2 heterocycles. The number of pyridine rings is 1. The molecule has 2 aromatic carbocycles. The van der Waals surface area contributed by atoms with E-state index < -0.39 is 15.9 Å². The summed E-state index contributed by atoms with van der Waals surface area (Å²) in [6.45, 7) is 4.64. The molecule has 0 bridgehead atoms. The molecule has 10 heteroatoms. The number of amides is 2. The number of fused-ring (bicyclic) bond motifs is 1. The summed E-state index contributed by atoms with van der Waals surface area (Å²) in [4.78, 5) is 30.2. The molecule has 9 nitrogen and oxygen atoms in total. The van der Waals surface area contributed by atoms with Gasteiger partial charge in [0.25, 0.3) is 21.8 Å². The van der Waals surface area contributed by atoms with Crippen LogP contribution in [0.25, 0.3) is 0 Å². The van der Waals surface area contributed by atoms with Crippen molar-refractivity contribution in [3.8, 4) is 11.5 Å². The molecule has 2 amide bonds. The van der Waals surface area contributed by atoms with Gasteiger partial charge in [0, 0.05) is 18.8 Å². The zero-order valence-corrected chi connectivity index (χ0v) is 20.2. The van der Waals surface area contributed by atoms with Crippen molar-refractivity contribution >= 4 is 27.5 Å². The molecular weight excluding hydrogens is 470 g/mol. The SMILES string of the molecule is CCOc1ccc(OCC)c(NS(=O)(=O)c2ccc(CCN3C(=O)c4cccnc4C3=O)cc2)c1. The van der Waals surface area contributed by atoms with Gasteiger partial charge in [-0.3, -0.25) is 24.2 Å². The highest BCUT2D eigenvalue weighted by Crippen LogP contribution is 2.31. The molecule has 0 radical (unpaired) electrons. The quantitative estimate of drug-likeness (QED) is 0.428. The normalized spacial score (nSPS) is 13.0. The molecule has 0 unspecified atom stereocenters.